The van der Waals surface area contributed by atoms with Gasteiger partial charge in [0.25, 0.3) is 0 Å². The van der Waals surface area contributed by atoms with E-state index in [0.717, 1.165) is 50.9 Å². The minimum Gasteiger partial charge on any atom is -0.396 e. The number of aliphatic hydroxyl groups excluding tert-OH is 1. The van der Waals surface area contributed by atoms with Gasteiger partial charge in [-0.2, -0.15) is 0 Å². The van der Waals surface area contributed by atoms with Gasteiger partial charge in [-0.1, -0.05) is 26.0 Å². The number of nitrogens with zero attached hydrogens (tertiary/aromatic N) is 2. The van der Waals surface area contributed by atoms with Gasteiger partial charge in [0.15, 0.2) is 5.96 Å². The maximum Gasteiger partial charge on any atom is 0.191 e. The summed E-state index contributed by atoms with van der Waals surface area (Å²) in [6.07, 6.45) is 4.57. The molecule has 0 bridgehead atoms. The Labute approximate surface area is 165 Å². The number of aliphatic hydroxyl groups is 1. The minimum atomic E-state index is 0.324. The molecule has 0 radical (unpaired) electrons. The highest BCUT2D eigenvalue weighted by molar-refractivity contribution is 5.79. The number of benzene rings is 1. The molecule has 0 aliphatic carbocycles. The summed E-state index contributed by atoms with van der Waals surface area (Å²) in [5.74, 6) is 2.13. The van der Waals surface area contributed by atoms with E-state index in [2.05, 4.69) is 60.6 Å². The molecule has 27 heavy (non-hydrogen) atoms. The smallest absolute Gasteiger partial charge is 0.191 e. The number of hydrogen-bond acceptors (Lipinski definition) is 3. The van der Waals surface area contributed by atoms with E-state index in [-0.39, 0.29) is 0 Å². The molecule has 0 spiro atoms. The molecule has 0 saturated carbocycles. The molecular formula is C22H38N4O. The second-order valence-corrected chi connectivity index (χ2v) is 7.94. The summed E-state index contributed by atoms with van der Waals surface area (Å²) >= 11 is 0. The van der Waals surface area contributed by atoms with Gasteiger partial charge in [-0.25, -0.2) is 4.99 Å². The lowest BCUT2D eigenvalue weighted by atomic mass is 9.97. The molecule has 152 valence electrons. The molecule has 1 aliphatic rings. The first-order valence-electron chi connectivity index (χ1n) is 10.6. The SMILES string of the molecule is CCNC(=NCc1ccc(N2CCC(CO)CC2)cc1)NCCCC(C)C. The number of nitrogens with one attached hydrogen (secondary N) is 2. The van der Waals surface area contributed by atoms with Gasteiger partial charge < -0.3 is 20.6 Å². The summed E-state index contributed by atoms with van der Waals surface area (Å²) in [6, 6.07) is 8.76. The Kier molecular flexibility index (Phi) is 9.46. The molecule has 1 heterocycles. The number of hydrogen-bond donors (Lipinski definition) is 3. The second-order valence-electron chi connectivity index (χ2n) is 7.94. The van der Waals surface area contributed by atoms with Crippen molar-refractivity contribution in [2.24, 2.45) is 16.8 Å². The van der Waals surface area contributed by atoms with Crippen LogP contribution in [0.15, 0.2) is 29.3 Å². The molecule has 0 aromatic heterocycles. The Morgan fingerprint density at radius 1 is 1.19 bits per heavy atom. The summed E-state index contributed by atoms with van der Waals surface area (Å²) in [7, 11) is 0. The highest BCUT2D eigenvalue weighted by Gasteiger charge is 2.18. The van der Waals surface area contributed by atoms with Gasteiger partial charge in [0.2, 0.25) is 0 Å². The Morgan fingerprint density at radius 3 is 2.48 bits per heavy atom. The van der Waals surface area contributed by atoms with E-state index in [1.54, 1.807) is 0 Å². The zero-order chi connectivity index (χ0) is 19.5. The third-order valence-electron chi connectivity index (χ3n) is 5.19. The third kappa shape index (κ3) is 7.79. The Morgan fingerprint density at radius 2 is 1.89 bits per heavy atom. The van der Waals surface area contributed by atoms with Crippen molar-refractivity contribution < 1.29 is 5.11 Å². The summed E-state index contributed by atoms with van der Waals surface area (Å²) in [5.41, 5.74) is 2.50. The molecule has 5 nitrogen and oxygen atoms in total. The van der Waals surface area contributed by atoms with Crippen molar-refractivity contribution in [2.45, 2.75) is 53.0 Å². The molecule has 3 N–H and O–H groups in total. The summed E-state index contributed by atoms with van der Waals surface area (Å²) in [5, 5.41) is 16.0. The standard InChI is InChI=1S/C22H38N4O/c1-4-23-22(24-13-5-6-18(2)3)25-16-19-7-9-21(10-8-19)26-14-11-20(17-27)12-15-26/h7-10,18,20,27H,4-6,11-17H2,1-3H3,(H2,23,24,25). The highest BCUT2D eigenvalue weighted by Crippen LogP contribution is 2.23. The highest BCUT2D eigenvalue weighted by atomic mass is 16.3. The van der Waals surface area contributed by atoms with Crippen molar-refractivity contribution in [3.63, 3.8) is 0 Å². The topological polar surface area (TPSA) is 59.9 Å². The molecule has 0 atom stereocenters. The molecule has 1 aromatic carbocycles. The Bertz CT molecular complexity index is 548. The van der Waals surface area contributed by atoms with Gasteiger partial charge in [-0.3, -0.25) is 0 Å². The van der Waals surface area contributed by atoms with Gasteiger partial charge in [0.1, 0.15) is 0 Å². The van der Waals surface area contributed by atoms with Gasteiger partial charge in [-0.15, -0.1) is 0 Å². The van der Waals surface area contributed by atoms with E-state index in [9.17, 15) is 5.11 Å². The molecule has 1 aromatic rings. The fourth-order valence-corrected chi connectivity index (χ4v) is 3.42. The summed E-state index contributed by atoms with van der Waals surface area (Å²) in [4.78, 5) is 7.13. The molecule has 0 amide bonds. The quantitative estimate of drug-likeness (QED) is 0.352. The van der Waals surface area contributed by atoms with Crippen LogP contribution in [0, 0.1) is 11.8 Å². The van der Waals surface area contributed by atoms with E-state index in [0.29, 0.717) is 19.1 Å². The summed E-state index contributed by atoms with van der Waals surface area (Å²) in [6.45, 7) is 11.5. The van der Waals surface area contributed by atoms with Crippen LogP contribution in [0.5, 0.6) is 0 Å². The van der Waals surface area contributed by atoms with Crippen LogP contribution in [0.1, 0.15) is 52.0 Å². The van der Waals surface area contributed by atoms with Crippen molar-refractivity contribution in [1.29, 1.82) is 0 Å². The van der Waals surface area contributed by atoms with E-state index in [1.165, 1.54) is 24.1 Å². The Hall–Kier alpha value is -1.75. The number of rotatable bonds is 9. The number of aliphatic imine (C=N–C) groups is 1. The number of anilines is 1. The molecule has 2 rings (SSSR count). The van der Waals surface area contributed by atoms with Crippen LogP contribution in [-0.2, 0) is 6.54 Å². The minimum absolute atomic E-state index is 0.324. The van der Waals surface area contributed by atoms with Crippen LogP contribution in [0.4, 0.5) is 5.69 Å². The van der Waals surface area contributed by atoms with E-state index < -0.39 is 0 Å². The molecule has 1 saturated heterocycles. The van der Waals surface area contributed by atoms with Crippen LogP contribution >= 0.6 is 0 Å². The van der Waals surface area contributed by atoms with Crippen molar-refractivity contribution in [3.05, 3.63) is 29.8 Å². The first-order valence-corrected chi connectivity index (χ1v) is 10.6. The van der Waals surface area contributed by atoms with Crippen molar-refractivity contribution in [2.75, 3.05) is 37.7 Å². The molecular weight excluding hydrogens is 336 g/mol. The number of piperidine rings is 1. The van der Waals surface area contributed by atoms with Gasteiger partial charge in [-0.05, 0) is 62.1 Å². The average molecular weight is 375 g/mol. The van der Waals surface area contributed by atoms with Gasteiger partial charge in [0, 0.05) is 38.5 Å². The monoisotopic (exact) mass is 374 g/mol. The normalized spacial score (nSPS) is 16.0. The van der Waals surface area contributed by atoms with Crippen molar-refractivity contribution in [3.8, 4) is 0 Å². The average Bonchev–Trinajstić information content (AvgIpc) is 2.69. The van der Waals surface area contributed by atoms with Crippen molar-refractivity contribution in [1.82, 2.24) is 10.6 Å². The fraction of sp³-hybridized carbons (Fsp3) is 0.682. The van der Waals surface area contributed by atoms with Crippen LogP contribution in [0.3, 0.4) is 0 Å². The lowest BCUT2D eigenvalue weighted by Crippen LogP contribution is -2.37. The third-order valence-corrected chi connectivity index (χ3v) is 5.19. The molecule has 0 unspecified atom stereocenters. The lowest BCUT2D eigenvalue weighted by Gasteiger charge is -2.32. The Balaban J connectivity index is 1.83. The van der Waals surface area contributed by atoms with Crippen LogP contribution < -0.4 is 15.5 Å². The maximum absolute atomic E-state index is 9.28. The van der Waals surface area contributed by atoms with Crippen LogP contribution in [0.25, 0.3) is 0 Å². The van der Waals surface area contributed by atoms with Crippen LogP contribution in [-0.4, -0.2) is 43.9 Å². The lowest BCUT2D eigenvalue weighted by molar-refractivity contribution is 0.203. The zero-order valence-electron chi connectivity index (χ0n) is 17.4. The van der Waals surface area contributed by atoms with Gasteiger partial charge >= 0.3 is 0 Å². The number of guanidine groups is 1. The summed E-state index contributed by atoms with van der Waals surface area (Å²) < 4.78 is 0. The molecule has 1 aliphatic heterocycles. The maximum atomic E-state index is 9.28. The molecule has 1 fully saturated rings. The first-order chi connectivity index (χ1) is 13.1. The van der Waals surface area contributed by atoms with Crippen molar-refractivity contribution >= 4 is 11.6 Å². The van der Waals surface area contributed by atoms with E-state index in [1.807, 2.05) is 0 Å². The van der Waals surface area contributed by atoms with E-state index in [4.69, 9.17) is 4.99 Å². The fourth-order valence-electron chi connectivity index (χ4n) is 3.42. The van der Waals surface area contributed by atoms with E-state index >= 15 is 0 Å². The predicted molar refractivity (Wildman–Crippen MR) is 115 cm³/mol. The zero-order valence-corrected chi connectivity index (χ0v) is 17.4. The van der Waals surface area contributed by atoms with Gasteiger partial charge in [0.05, 0.1) is 6.54 Å². The predicted octanol–water partition coefficient (Wildman–Crippen LogP) is 3.39. The first kappa shape index (κ1) is 21.5. The largest absolute Gasteiger partial charge is 0.396 e. The van der Waals surface area contributed by atoms with Crippen LogP contribution in [0.2, 0.25) is 0 Å². The molecule has 5 heteroatoms. The second kappa shape index (κ2) is 11.9.